The molecule has 0 amide bonds. The lowest BCUT2D eigenvalue weighted by atomic mass is 9.96. The first-order valence-electron chi connectivity index (χ1n) is 5.29. The van der Waals surface area contributed by atoms with Crippen LogP contribution >= 0.6 is 11.8 Å². The molecule has 4 heteroatoms. The molecular formula is C10H21N3S. The molecule has 1 fully saturated rings. The largest absolute Gasteiger partial charge is 0.387 e. The zero-order valence-corrected chi connectivity index (χ0v) is 9.78. The van der Waals surface area contributed by atoms with E-state index in [1.54, 1.807) is 0 Å². The molecule has 0 aliphatic carbocycles. The first kappa shape index (κ1) is 11.9. The van der Waals surface area contributed by atoms with E-state index < -0.39 is 0 Å². The van der Waals surface area contributed by atoms with E-state index in [1.807, 2.05) is 11.8 Å². The highest BCUT2D eigenvalue weighted by atomic mass is 32.2. The van der Waals surface area contributed by atoms with Gasteiger partial charge in [0.1, 0.15) is 0 Å². The zero-order valence-electron chi connectivity index (χ0n) is 8.96. The Morgan fingerprint density at radius 2 is 2.14 bits per heavy atom. The number of piperidine rings is 1. The van der Waals surface area contributed by atoms with Crippen molar-refractivity contribution in [2.45, 2.75) is 19.3 Å². The number of hydrogen-bond donors (Lipinski definition) is 2. The van der Waals surface area contributed by atoms with Crippen molar-refractivity contribution < 1.29 is 0 Å². The van der Waals surface area contributed by atoms with Gasteiger partial charge in [0.15, 0.2) is 0 Å². The van der Waals surface area contributed by atoms with Gasteiger partial charge in [-0.1, -0.05) is 0 Å². The molecule has 0 saturated carbocycles. The third-order valence-electron chi connectivity index (χ3n) is 2.85. The molecule has 1 rings (SSSR count). The quantitative estimate of drug-likeness (QED) is 0.414. The van der Waals surface area contributed by atoms with Crippen LogP contribution in [-0.4, -0.2) is 42.4 Å². The summed E-state index contributed by atoms with van der Waals surface area (Å²) in [7, 11) is 0. The second-order valence-corrected chi connectivity index (χ2v) is 4.90. The Kier molecular flexibility index (Phi) is 5.33. The minimum absolute atomic E-state index is 0.354. The Balaban J connectivity index is 2.12. The summed E-state index contributed by atoms with van der Waals surface area (Å²) in [5.74, 6) is 1.99. The van der Waals surface area contributed by atoms with E-state index in [0.717, 1.165) is 25.9 Å². The van der Waals surface area contributed by atoms with Gasteiger partial charge in [-0.3, -0.25) is 5.41 Å². The average Bonchev–Trinajstić information content (AvgIpc) is 2.19. The van der Waals surface area contributed by atoms with Gasteiger partial charge >= 0.3 is 0 Å². The Hall–Kier alpha value is -0.220. The number of hydrogen-bond acceptors (Lipinski definition) is 3. The van der Waals surface area contributed by atoms with Gasteiger partial charge in [0.05, 0.1) is 5.84 Å². The standard InChI is InChI=1S/C10H21N3S/c1-14-8-2-5-13-6-3-9(4-7-13)10(11)12/h9H,2-8H2,1H3,(H3,11,12). The minimum Gasteiger partial charge on any atom is -0.387 e. The van der Waals surface area contributed by atoms with Crippen LogP contribution in [0.3, 0.4) is 0 Å². The average molecular weight is 215 g/mol. The molecule has 3 N–H and O–H groups in total. The van der Waals surface area contributed by atoms with Crippen molar-refractivity contribution in [3.8, 4) is 0 Å². The van der Waals surface area contributed by atoms with Crippen molar-refractivity contribution in [3.63, 3.8) is 0 Å². The van der Waals surface area contributed by atoms with Gasteiger partial charge in [0.2, 0.25) is 0 Å². The Morgan fingerprint density at radius 3 is 2.64 bits per heavy atom. The van der Waals surface area contributed by atoms with E-state index in [0.29, 0.717) is 11.8 Å². The van der Waals surface area contributed by atoms with Crippen LogP contribution in [-0.2, 0) is 0 Å². The fourth-order valence-corrected chi connectivity index (χ4v) is 2.32. The van der Waals surface area contributed by atoms with Crippen molar-refractivity contribution in [2.24, 2.45) is 11.7 Å². The summed E-state index contributed by atoms with van der Waals surface area (Å²) >= 11 is 1.91. The highest BCUT2D eigenvalue weighted by molar-refractivity contribution is 7.98. The van der Waals surface area contributed by atoms with Gasteiger partial charge in [-0.25, -0.2) is 0 Å². The van der Waals surface area contributed by atoms with Crippen LogP contribution in [0.4, 0.5) is 0 Å². The van der Waals surface area contributed by atoms with Crippen LogP contribution in [0.2, 0.25) is 0 Å². The van der Waals surface area contributed by atoms with Crippen LogP contribution in [0.15, 0.2) is 0 Å². The third kappa shape index (κ3) is 3.88. The van der Waals surface area contributed by atoms with Crippen molar-refractivity contribution in [1.29, 1.82) is 5.41 Å². The minimum atomic E-state index is 0.354. The van der Waals surface area contributed by atoms with E-state index in [2.05, 4.69) is 11.2 Å². The summed E-state index contributed by atoms with van der Waals surface area (Å²) < 4.78 is 0. The molecule has 0 bridgehead atoms. The lowest BCUT2D eigenvalue weighted by Gasteiger charge is -2.31. The van der Waals surface area contributed by atoms with E-state index in [1.165, 1.54) is 18.7 Å². The second kappa shape index (κ2) is 6.30. The molecular weight excluding hydrogens is 194 g/mol. The molecule has 14 heavy (non-hydrogen) atoms. The fraction of sp³-hybridized carbons (Fsp3) is 0.900. The van der Waals surface area contributed by atoms with Crippen LogP contribution in [0.5, 0.6) is 0 Å². The van der Waals surface area contributed by atoms with Crippen molar-refractivity contribution >= 4 is 17.6 Å². The van der Waals surface area contributed by atoms with E-state index in [-0.39, 0.29) is 0 Å². The number of likely N-dealkylation sites (tertiary alicyclic amines) is 1. The lowest BCUT2D eigenvalue weighted by Crippen LogP contribution is -2.38. The van der Waals surface area contributed by atoms with E-state index in [9.17, 15) is 0 Å². The predicted octanol–water partition coefficient (Wildman–Crippen LogP) is 1.39. The molecule has 0 atom stereocenters. The molecule has 0 radical (unpaired) electrons. The normalized spacial score (nSPS) is 19.8. The number of rotatable bonds is 5. The van der Waals surface area contributed by atoms with Gasteiger partial charge in [-0.15, -0.1) is 0 Å². The number of amidine groups is 1. The van der Waals surface area contributed by atoms with Crippen LogP contribution in [0.25, 0.3) is 0 Å². The van der Waals surface area contributed by atoms with Gasteiger partial charge < -0.3 is 10.6 Å². The fourth-order valence-electron chi connectivity index (χ4n) is 1.90. The molecule has 1 saturated heterocycles. The van der Waals surface area contributed by atoms with Gasteiger partial charge in [0, 0.05) is 5.92 Å². The van der Waals surface area contributed by atoms with Crippen molar-refractivity contribution in [2.75, 3.05) is 31.6 Å². The van der Waals surface area contributed by atoms with E-state index >= 15 is 0 Å². The molecule has 82 valence electrons. The van der Waals surface area contributed by atoms with Gasteiger partial charge in [0.25, 0.3) is 0 Å². The number of thioether (sulfide) groups is 1. The maximum absolute atomic E-state index is 7.38. The summed E-state index contributed by atoms with van der Waals surface area (Å²) in [5.41, 5.74) is 5.50. The highest BCUT2D eigenvalue weighted by Gasteiger charge is 2.20. The summed E-state index contributed by atoms with van der Waals surface area (Å²) in [6.07, 6.45) is 5.59. The second-order valence-electron chi connectivity index (χ2n) is 3.92. The maximum atomic E-state index is 7.38. The summed E-state index contributed by atoms with van der Waals surface area (Å²) in [5, 5.41) is 7.38. The van der Waals surface area contributed by atoms with Crippen molar-refractivity contribution in [3.05, 3.63) is 0 Å². The first-order chi connectivity index (χ1) is 6.74. The van der Waals surface area contributed by atoms with E-state index in [4.69, 9.17) is 11.1 Å². The first-order valence-corrected chi connectivity index (χ1v) is 6.68. The zero-order chi connectivity index (χ0) is 10.4. The highest BCUT2D eigenvalue weighted by Crippen LogP contribution is 2.16. The number of nitrogens with two attached hydrogens (primary N) is 1. The van der Waals surface area contributed by atoms with Crippen LogP contribution in [0, 0.1) is 11.3 Å². The van der Waals surface area contributed by atoms with Crippen molar-refractivity contribution in [1.82, 2.24) is 4.90 Å². The van der Waals surface area contributed by atoms with Gasteiger partial charge in [-0.2, -0.15) is 11.8 Å². The maximum Gasteiger partial charge on any atom is 0.0937 e. The Morgan fingerprint density at radius 1 is 1.50 bits per heavy atom. The summed E-state index contributed by atoms with van der Waals surface area (Å²) in [4.78, 5) is 2.50. The molecule has 0 aromatic rings. The number of nitrogens with zero attached hydrogens (tertiary/aromatic N) is 1. The van der Waals surface area contributed by atoms with Crippen LogP contribution < -0.4 is 5.73 Å². The SMILES string of the molecule is CSCCCN1CCC(C(=N)N)CC1. The predicted molar refractivity (Wildman–Crippen MR) is 64.1 cm³/mol. The molecule has 0 aromatic carbocycles. The van der Waals surface area contributed by atoms with Gasteiger partial charge in [-0.05, 0) is 50.9 Å². The topological polar surface area (TPSA) is 53.1 Å². The molecule has 1 aliphatic heterocycles. The monoisotopic (exact) mass is 215 g/mol. The third-order valence-corrected chi connectivity index (χ3v) is 3.55. The molecule has 1 heterocycles. The summed E-state index contributed by atoms with van der Waals surface area (Å²) in [6, 6.07) is 0. The molecule has 0 aromatic heterocycles. The Labute approximate surface area is 90.9 Å². The molecule has 0 unspecified atom stereocenters. The molecule has 0 spiro atoms. The van der Waals surface area contributed by atoms with Crippen LogP contribution in [0.1, 0.15) is 19.3 Å². The lowest BCUT2D eigenvalue weighted by molar-refractivity contribution is 0.210. The molecule has 3 nitrogen and oxygen atoms in total. The smallest absolute Gasteiger partial charge is 0.0937 e. The number of nitrogens with one attached hydrogen (secondary N) is 1. The Bertz CT molecular complexity index is 176. The molecule has 1 aliphatic rings. The summed E-state index contributed by atoms with van der Waals surface area (Å²) in [6.45, 7) is 3.46.